The van der Waals surface area contributed by atoms with E-state index < -0.39 is 18.5 Å². The molecule has 1 amide bonds. The van der Waals surface area contributed by atoms with Gasteiger partial charge < -0.3 is 4.90 Å². The van der Waals surface area contributed by atoms with Gasteiger partial charge in [0.1, 0.15) is 0 Å². The predicted octanol–water partition coefficient (Wildman–Crippen LogP) is 5.34. The van der Waals surface area contributed by atoms with Crippen molar-refractivity contribution in [3.8, 4) is 0 Å². The van der Waals surface area contributed by atoms with E-state index in [1.807, 2.05) is 18.7 Å². The molecular formula is C22H40F2N2O. The summed E-state index contributed by atoms with van der Waals surface area (Å²) in [6.07, 6.45) is 9.38. The van der Waals surface area contributed by atoms with Gasteiger partial charge in [0.25, 0.3) is 5.92 Å². The lowest BCUT2D eigenvalue weighted by atomic mass is 9.65. The number of carbonyl (C=O) groups excluding carboxylic acids is 1. The quantitative estimate of drug-likeness (QED) is 0.653. The Morgan fingerprint density at radius 3 is 2.04 bits per heavy atom. The molecule has 3 aliphatic rings. The lowest BCUT2D eigenvalue weighted by Crippen LogP contribution is -2.61. The van der Waals surface area contributed by atoms with Crippen LogP contribution in [0.2, 0.25) is 0 Å². The topological polar surface area (TPSA) is 23.6 Å². The van der Waals surface area contributed by atoms with Gasteiger partial charge in [-0.3, -0.25) is 9.69 Å². The highest BCUT2D eigenvalue weighted by Crippen LogP contribution is 2.48. The first-order valence-corrected chi connectivity index (χ1v) is 11.3. The van der Waals surface area contributed by atoms with Gasteiger partial charge in [-0.05, 0) is 69.4 Å². The van der Waals surface area contributed by atoms with Crippen molar-refractivity contribution in [1.29, 1.82) is 0 Å². The van der Waals surface area contributed by atoms with Gasteiger partial charge in [-0.25, -0.2) is 8.78 Å². The van der Waals surface area contributed by atoms with Crippen molar-refractivity contribution in [3.05, 3.63) is 0 Å². The smallest absolute Gasteiger partial charge is 0.280 e. The SMILES string of the molecule is CC.CCC(=O)N1CCC(N2CCC3(CCC(CC)CC3)CC2)C(F)(F)C1. The van der Waals surface area contributed by atoms with Gasteiger partial charge in [0.2, 0.25) is 5.91 Å². The molecule has 158 valence electrons. The Balaban J connectivity index is 0.00000126. The molecule has 1 saturated carbocycles. The monoisotopic (exact) mass is 386 g/mol. The maximum atomic E-state index is 14.7. The average Bonchev–Trinajstić information content (AvgIpc) is 2.70. The Kier molecular flexibility index (Phi) is 8.08. The molecule has 0 bridgehead atoms. The van der Waals surface area contributed by atoms with Crippen molar-refractivity contribution in [2.45, 2.75) is 97.4 Å². The van der Waals surface area contributed by atoms with Crippen LogP contribution in [0.5, 0.6) is 0 Å². The molecule has 1 unspecified atom stereocenters. The zero-order chi connectivity index (χ0) is 20.1. The van der Waals surface area contributed by atoms with Gasteiger partial charge in [-0.1, -0.05) is 34.1 Å². The number of alkyl halides is 2. The Morgan fingerprint density at radius 2 is 1.56 bits per heavy atom. The van der Waals surface area contributed by atoms with Crippen LogP contribution in [0.4, 0.5) is 8.78 Å². The second-order valence-electron chi connectivity index (χ2n) is 8.62. The number of likely N-dealkylation sites (tertiary alicyclic amines) is 2. The van der Waals surface area contributed by atoms with Crippen molar-refractivity contribution >= 4 is 5.91 Å². The molecule has 1 spiro atoms. The molecule has 0 aromatic heterocycles. The van der Waals surface area contributed by atoms with Crippen molar-refractivity contribution in [2.75, 3.05) is 26.2 Å². The van der Waals surface area contributed by atoms with Crippen LogP contribution in [0.15, 0.2) is 0 Å². The third-order valence-electron chi connectivity index (χ3n) is 7.26. The van der Waals surface area contributed by atoms with Crippen molar-refractivity contribution in [2.24, 2.45) is 11.3 Å². The molecule has 3 rings (SSSR count). The molecule has 1 aliphatic carbocycles. The fraction of sp³-hybridized carbons (Fsp3) is 0.955. The number of nitrogens with zero attached hydrogens (tertiary/aromatic N) is 2. The molecule has 0 N–H and O–H groups in total. The summed E-state index contributed by atoms with van der Waals surface area (Å²) in [5.74, 6) is -2.05. The minimum Gasteiger partial charge on any atom is -0.337 e. The first-order chi connectivity index (χ1) is 12.9. The third-order valence-corrected chi connectivity index (χ3v) is 7.26. The summed E-state index contributed by atoms with van der Waals surface area (Å²) < 4.78 is 29.4. The van der Waals surface area contributed by atoms with Crippen LogP contribution in [0.3, 0.4) is 0 Å². The second kappa shape index (κ2) is 9.67. The summed E-state index contributed by atoms with van der Waals surface area (Å²) >= 11 is 0. The van der Waals surface area contributed by atoms with E-state index in [1.165, 1.54) is 37.0 Å². The molecule has 5 heteroatoms. The largest absolute Gasteiger partial charge is 0.337 e. The van der Waals surface area contributed by atoms with Gasteiger partial charge in [0.15, 0.2) is 0 Å². The molecular weight excluding hydrogens is 346 g/mol. The highest BCUT2D eigenvalue weighted by Gasteiger charge is 2.50. The molecule has 3 nitrogen and oxygen atoms in total. The number of halogens is 2. The van der Waals surface area contributed by atoms with E-state index in [9.17, 15) is 13.6 Å². The Morgan fingerprint density at radius 1 is 0.963 bits per heavy atom. The lowest BCUT2D eigenvalue weighted by molar-refractivity contribution is -0.158. The van der Waals surface area contributed by atoms with Gasteiger partial charge in [-0.15, -0.1) is 0 Å². The zero-order valence-electron chi connectivity index (χ0n) is 17.9. The van der Waals surface area contributed by atoms with E-state index in [4.69, 9.17) is 0 Å². The molecule has 2 saturated heterocycles. The molecule has 2 heterocycles. The van der Waals surface area contributed by atoms with Gasteiger partial charge >= 0.3 is 0 Å². The third kappa shape index (κ3) is 5.21. The minimum absolute atomic E-state index is 0.150. The van der Waals surface area contributed by atoms with Crippen LogP contribution < -0.4 is 0 Å². The lowest BCUT2D eigenvalue weighted by Gasteiger charge is -2.50. The zero-order valence-corrected chi connectivity index (χ0v) is 17.9. The van der Waals surface area contributed by atoms with Gasteiger partial charge in [0, 0.05) is 13.0 Å². The predicted molar refractivity (Wildman–Crippen MR) is 107 cm³/mol. The van der Waals surface area contributed by atoms with Crippen LogP contribution in [0.25, 0.3) is 0 Å². The van der Waals surface area contributed by atoms with Crippen molar-refractivity contribution in [1.82, 2.24) is 9.80 Å². The average molecular weight is 387 g/mol. The van der Waals surface area contributed by atoms with Crippen LogP contribution in [-0.2, 0) is 4.79 Å². The number of hydrogen-bond acceptors (Lipinski definition) is 2. The fourth-order valence-electron chi connectivity index (χ4n) is 5.32. The summed E-state index contributed by atoms with van der Waals surface area (Å²) in [6, 6.07) is -0.683. The Bertz CT molecular complexity index is 465. The number of amides is 1. The number of carbonyl (C=O) groups is 1. The van der Waals surface area contributed by atoms with Crippen LogP contribution >= 0.6 is 0 Å². The summed E-state index contributed by atoms with van der Waals surface area (Å²) in [5.41, 5.74) is 0.427. The Labute approximate surface area is 164 Å². The van der Waals surface area contributed by atoms with Crippen molar-refractivity contribution < 1.29 is 13.6 Å². The molecule has 0 aromatic carbocycles. The molecule has 3 fully saturated rings. The van der Waals surface area contributed by atoms with E-state index in [0.29, 0.717) is 24.8 Å². The maximum absolute atomic E-state index is 14.7. The highest BCUT2D eigenvalue weighted by molar-refractivity contribution is 5.76. The summed E-state index contributed by atoms with van der Waals surface area (Å²) in [5, 5.41) is 0. The van der Waals surface area contributed by atoms with Gasteiger partial charge in [-0.2, -0.15) is 0 Å². The second-order valence-corrected chi connectivity index (χ2v) is 8.62. The fourth-order valence-corrected chi connectivity index (χ4v) is 5.32. The standard InChI is InChI=1S/C20H34F2N2O.C2H6/c1-3-16-5-8-19(9-6-16)10-13-23(14-11-19)17-7-12-24(18(25)4-2)15-20(17,21)22;1-2/h16-17H,3-15H2,1-2H3;1-2H3. The van der Waals surface area contributed by atoms with E-state index >= 15 is 0 Å². The van der Waals surface area contributed by atoms with Gasteiger partial charge in [0.05, 0.1) is 12.6 Å². The number of rotatable bonds is 3. The van der Waals surface area contributed by atoms with Crippen LogP contribution in [-0.4, -0.2) is 53.9 Å². The highest BCUT2D eigenvalue weighted by atomic mass is 19.3. The Hall–Kier alpha value is -0.710. The number of piperidine rings is 2. The summed E-state index contributed by atoms with van der Waals surface area (Å²) in [6.45, 7) is 9.71. The normalized spacial score (nSPS) is 28.5. The van der Waals surface area contributed by atoms with E-state index in [1.54, 1.807) is 6.92 Å². The molecule has 2 aliphatic heterocycles. The van der Waals surface area contributed by atoms with E-state index in [2.05, 4.69) is 6.92 Å². The maximum Gasteiger partial charge on any atom is 0.280 e. The minimum atomic E-state index is -2.78. The van der Waals surface area contributed by atoms with Crippen molar-refractivity contribution in [3.63, 3.8) is 0 Å². The first-order valence-electron chi connectivity index (χ1n) is 11.3. The molecule has 0 radical (unpaired) electrons. The molecule has 0 aromatic rings. The summed E-state index contributed by atoms with van der Waals surface area (Å²) in [7, 11) is 0. The van der Waals surface area contributed by atoms with E-state index in [0.717, 1.165) is 31.8 Å². The van der Waals surface area contributed by atoms with Crippen LogP contribution in [0.1, 0.15) is 85.5 Å². The van der Waals surface area contributed by atoms with E-state index in [-0.39, 0.29) is 5.91 Å². The number of hydrogen-bond donors (Lipinski definition) is 0. The first kappa shape index (κ1) is 22.6. The summed E-state index contributed by atoms with van der Waals surface area (Å²) in [4.78, 5) is 15.2. The molecule has 27 heavy (non-hydrogen) atoms. The van der Waals surface area contributed by atoms with Crippen LogP contribution in [0, 0.1) is 11.3 Å². The molecule has 1 atom stereocenters.